The molecule has 1 atom stereocenters. The normalized spacial score (nSPS) is 12.0. The Hall–Kier alpha value is -3.59. The van der Waals surface area contributed by atoms with Gasteiger partial charge in [0.1, 0.15) is 21.8 Å². The number of imidazole rings is 1. The van der Waals surface area contributed by atoms with Crippen molar-refractivity contribution in [2.75, 3.05) is 5.73 Å². The molecule has 0 radical (unpaired) electrons. The zero-order valence-electron chi connectivity index (χ0n) is 15.3. The SMILES string of the molecule is Nc1ccc(CC(C(=O)O)c2cn(Cc3nnc(-c4ccccc4)s3)cn2)cn1. The summed E-state index contributed by atoms with van der Waals surface area (Å²) in [4.78, 5) is 20.1. The fourth-order valence-electron chi connectivity index (χ4n) is 2.93. The molecule has 29 heavy (non-hydrogen) atoms. The number of benzene rings is 1. The van der Waals surface area contributed by atoms with Gasteiger partial charge >= 0.3 is 5.97 Å². The van der Waals surface area contributed by atoms with Gasteiger partial charge in [0.25, 0.3) is 0 Å². The summed E-state index contributed by atoms with van der Waals surface area (Å²) < 4.78 is 1.82. The molecule has 0 aliphatic carbocycles. The number of carboxylic acids is 1. The van der Waals surface area contributed by atoms with E-state index in [1.807, 2.05) is 34.9 Å². The van der Waals surface area contributed by atoms with E-state index in [0.717, 1.165) is 21.1 Å². The molecule has 0 amide bonds. The fraction of sp³-hybridized carbons (Fsp3) is 0.150. The third-order valence-electron chi connectivity index (χ3n) is 4.40. The monoisotopic (exact) mass is 406 g/mol. The van der Waals surface area contributed by atoms with E-state index in [1.165, 1.54) is 11.3 Å². The minimum atomic E-state index is -0.936. The van der Waals surface area contributed by atoms with E-state index in [0.29, 0.717) is 18.1 Å². The van der Waals surface area contributed by atoms with E-state index in [9.17, 15) is 9.90 Å². The molecule has 4 aromatic rings. The molecule has 1 unspecified atom stereocenters. The Morgan fingerprint density at radius 2 is 1.97 bits per heavy atom. The number of rotatable bonds is 7. The third kappa shape index (κ3) is 4.46. The molecule has 0 aliphatic rings. The smallest absolute Gasteiger partial charge is 0.312 e. The third-order valence-corrected chi connectivity index (χ3v) is 5.36. The molecule has 3 N–H and O–H groups in total. The number of carbonyl (C=O) groups is 1. The van der Waals surface area contributed by atoms with Gasteiger partial charge in [-0.3, -0.25) is 4.79 Å². The first-order valence-corrected chi connectivity index (χ1v) is 9.73. The standard InChI is InChI=1S/C20H18N6O2S/c21-17-7-6-13(9-22-17)8-15(20(27)28)16-10-26(12-23-16)11-18-24-25-19(29-18)14-4-2-1-3-5-14/h1-7,9-10,12,15H,8,11H2,(H2,21,22)(H,27,28). The summed E-state index contributed by atoms with van der Waals surface area (Å²) in [7, 11) is 0. The second-order valence-electron chi connectivity index (χ2n) is 6.52. The summed E-state index contributed by atoms with van der Waals surface area (Å²) in [5.41, 5.74) is 7.89. The first-order valence-electron chi connectivity index (χ1n) is 8.91. The maximum atomic E-state index is 11.8. The van der Waals surface area contributed by atoms with Gasteiger partial charge in [0.05, 0.1) is 18.6 Å². The molecule has 0 fully saturated rings. The minimum absolute atomic E-state index is 0.288. The Morgan fingerprint density at radius 3 is 2.69 bits per heavy atom. The predicted molar refractivity (Wildman–Crippen MR) is 109 cm³/mol. The Bertz CT molecular complexity index is 1110. The highest BCUT2D eigenvalue weighted by Gasteiger charge is 2.23. The van der Waals surface area contributed by atoms with Gasteiger partial charge in [-0.2, -0.15) is 0 Å². The van der Waals surface area contributed by atoms with Crippen LogP contribution in [0, 0.1) is 0 Å². The molecular weight excluding hydrogens is 388 g/mol. The molecule has 0 spiro atoms. The summed E-state index contributed by atoms with van der Waals surface area (Å²) in [5, 5.41) is 19.8. The van der Waals surface area contributed by atoms with Crippen LogP contribution < -0.4 is 5.73 Å². The van der Waals surface area contributed by atoms with Crippen LogP contribution in [-0.2, 0) is 17.8 Å². The molecule has 146 valence electrons. The molecule has 0 bridgehead atoms. The maximum absolute atomic E-state index is 11.8. The summed E-state index contributed by atoms with van der Waals surface area (Å²) >= 11 is 1.50. The van der Waals surface area contributed by atoms with Gasteiger partial charge < -0.3 is 15.4 Å². The van der Waals surface area contributed by atoms with Gasteiger partial charge in [0, 0.05) is 18.0 Å². The van der Waals surface area contributed by atoms with Crippen molar-refractivity contribution in [3.63, 3.8) is 0 Å². The van der Waals surface area contributed by atoms with Gasteiger partial charge in [-0.05, 0) is 18.1 Å². The van der Waals surface area contributed by atoms with Gasteiger partial charge in [-0.1, -0.05) is 47.7 Å². The molecule has 4 rings (SSSR count). The first-order chi connectivity index (χ1) is 14.1. The Labute approximate surface area is 170 Å². The Kier molecular flexibility index (Phi) is 5.30. The quantitative estimate of drug-likeness (QED) is 0.484. The number of nitrogens with zero attached hydrogens (tertiary/aromatic N) is 5. The topological polar surface area (TPSA) is 120 Å². The van der Waals surface area contributed by atoms with Crippen molar-refractivity contribution in [3.05, 3.63) is 77.5 Å². The number of nitrogen functional groups attached to an aromatic ring is 1. The lowest BCUT2D eigenvalue weighted by atomic mass is 9.98. The van der Waals surface area contributed by atoms with Gasteiger partial charge in [0.15, 0.2) is 0 Å². The van der Waals surface area contributed by atoms with Crippen molar-refractivity contribution in [2.45, 2.75) is 18.9 Å². The lowest BCUT2D eigenvalue weighted by Gasteiger charge is -2.09. The number of nitrogens with two attached hydrogens (primary N) is 1. The fourth-order valence-corrected chi connectivity index (χ4v) is 3.78. The van der Waals surface area contributed by atoms with Crippen LogP contribution >= 0.6 is 11.3 Å². The molecular formula is C20H18N6O2S. The second kappa shape index (κ2) is 8.19. The lowest BCUT2D eigenvalue weighted by Crippen LogP contribution is -2.15. The van der Waals surface area contributed by atoms with Crippen LogP contribution in [0.15, 0.2) is 61.2 Å². The van der Waals surface area contributed by atoms with Crippen molar-refractivity contribution < 1.29 is 9.90 Å². The summed E-state index contributed by atoms with van der Waals surface area (Å²) in [6.07, 6.45) is 5.24. The largest absolute Gasteiger partial charge is 0.481 e. The Balaban J connectivity index is 1.49. The highest BCUT2D eigenvalue weighted by Crippen LogP contribution is 2.24. The molecule has 3 aromatic heterocycles. The van der Waals surface area contributed by atoms with Crippen molar-refractivity contribution in [1.29, 1.82) is 0 Å². The van der Waals surface area contributed by atoms with Crippen molar-refractivity contribution in [2.24, 2.45) is 0 Å². The van der Waals surface area contributed by atoms with Crippen LogP contribution in [0.3, 0.4) is 0 Å². The highest BCUT2D eigenvalue weighted by atomic mass is 32.1. The number of carboxylic acid groups (broad SMARTS) is 1. The number of aromatic nitrogens is 5. The maximum Gasteiger partial charge on any atom is 0.312 e. The molecule has 0 saturated carbocycles. The molecule has 0 aliphatic heterocycles. The van der Waals surface area contributed by atoms with Crippen molar-refractivity contribution in [1.82, 2.24) is 24.7 Å². The first kappa shape index (κ1) is 18.8. The number of pyridine rings is 1. The number of aliphatic carboxylic acids is 1. The van der Waals surface area contributed by atoms with Crippen LogP contribution in [0.2, 0.25) is 0 Å². The van der Waals surface area contributed by atoms with Crippen LogP contribution in [0.5, 0.6) is 0 Å². The van der Waals surface area contributed by atoms with E-state index in [4.69, 9.17) is 5.73 Å². The second-order valence-corrected chi connectivity index (χ2v) is 7.59. The average molecular weight is 406 g/mol. The van der Waals surface area contributed by atoms with E-state index < -0.39 is 11.9 Å². The van der Waals surface area contributed by atoms with Crippen LogP contribution in [-0.4, -0.2) is 35.8 Å². The molecule has 0 saturated heterocycles. The number of hydrogen-bond donors (Lipinski definition) is 2. The van der Waals surface area contributed by atoms with E-state index >= 15 is 0 Å². The lowest BCUT2D eigenvalue weighted by molar-refractivity contribution is -0.138. The minimum Gasteiger partial charge on any atom is -0.481 e. The van der Waals surface area contributed by atoms with Crippen LogP contribution in [0.25, 0.3) is 10.6 Å². The van der Waals surface area contributed by atoms with Gasteiger partial charge in [-0.15, -0.1) is 10.2 Å². The summed E-state index contributed by atoms with van der Waals surface area (Å²) in [6.45, 7) is 0.479. The Morgan fingerprint density at radius 1 is 1.14 bits per heavy atom. The van der Waals surface area contributed by atoms with E-state index in [-0.39, 0.29) is 6.42 Å². The van der Waals surface area contributed by atoms with Crippen molar-refractivity contribution in [3.8, 4) is 10.6 Å². The van der Waals surface area contributed by atoms with Crippen LogP contribution in [0.1, 0.15) is 22.2 Å². The zero-order chi connectivity index (χ0) is 20.2. The van der Waals surface area contributed by atoms with Gasteiger partial charge in [-0.25, -0.2) is 9.97 Å². The van der Waals surface area contributed by atoms with E-state index in [2.05, 4.69) is 20.2 Å². The summed E-state index contributed by atoms with van der Waals surface area (Å²) in [6, 6.07) is 13.3. The summed E-state index contributed by atoms with van der Waals surface area (Å²) in [5.74, 6) is -1.30. The average Bonchev–Trinajstić information content (AvgIpc) is 3.38. The number of hydrogen-bond acceptors (Lipinski definition) is 7. The predicted octanol–water partition coefficient (Wildman–Crippen LogP) is 2.84. The molecule has 3 heterocycles. The molecule has 8 nitrogen and oxygen atoms in total. The molecule has 9 heteroatoms. The van der Waals surface area contributed by atoms with E-state index in [1.54, 1.807) is 30.9 Å². The molecule has 1 aromatic carbocycles. The van der Waals surface area contributed by atoms with Crippen molar-refractivity contribution >= 4 is 23.1 Å². The van der Waals surface area contributed by atoms with Crippen LogP contribution in [0.4, 0.5) is 5.82 Å². The number of anilines is 1. The highest BCUT2D eigenvalue weighted by molar-refractivity contribution is 7.14. The van der Waals surface area contributed by atoms with Gasteiger partial charge in [0.2, 0.25) is 0 Å². The zero-order valence-corrected chi connectivity index (χ0v) is 16.2.